The van der Waals surface area contributed by atoms with Crippen molar-refractivity contribution in [2.24, 2.45) is 11.8 Å². The van der Waals surface area contributed by atoms with Crippen molar-refractivity contribution < 1.29 is 34.8 Å². The van der Waals surface area contributed by atoms with Crippen LogP contribution in [0.1, 0.15) is 39.0 Å². The molecule has 1 rings (SSSR count). The molecule has 128 valence electrons. The fourth-order valence-corrected chi connectivity index (χ4v) is 2.82. The van der Waals surface area contributed by atoms with Gasteiger partial charge in [0.25, 0.3) is 0 Å². The summed E-state index contributed by atoms with van der Waals surface area (Å²) >= 11 is 0. The summed E-state index contributed by atoms with van der Waals surface area (Å²) in [7, 11) is 0. The number of hydrogen-bond donors (Lipinski definition) is 4. The summed E-state index contributed by atoms with van der Waals surface area (Å²) in [6, 6.07) is 0. The van der Waals surface area contributed by atoms with Crippen LogP contribution in [-0.4, -0.2) is 43.9 Å². The largest absolute Gasteiger partial charge is 0.481 e. The van der Waals surface area contributed by atoms with Gasteiger partial charge in [0.2, 0.25) is 0 Å². The summed E-state index contributed by atoms with van der Waals surface area (Å²) in [5.41, 5.74) is -1.09. The Kier molecular flexibility index (Phi) is 6.09. The monoisotopic (exact) mass is 326 g/mol. The van der Waals surface area contributed by atoms with Gasteiger partial charge in [-0.1, -0.05) is 23.8 Å². The van der Waals surface area contributed by atoms with Crippen LogP contribution in [0.5, 0.6) is 0 Å². The maximum Gasteiger partial charge on any atom is 0.337 e. The molecule has 3 atom stereocenters. The zero-order valence-electron chi connectivity index (χ0n) is 13.0. The highest BCUT2D eigenvalue weighted by atomic mass is 16.4. The first kappa shape index (κ1) is 18.9. The molecule has 0 amide bonds. The van der Waals surface area contributed by atoms with Crippen molar-refractivity contribution >= 4 is 17.9 Å². The van der Waals surface area contributed by atoms with E-state index in [1.165, 1.54) is 0 Å². The lowest BCUT2D eigenvalue weighted by Gasteiger charge is -2.30. The van der Waals surface area contributed by atoms with E-state index in [9.17, 15) is 24.6 Å². The number of hydrogen-bond acceptors (Lipinski definition) is 4. The smallest absolute Gasteiger partial charge is 0.337 e. The zero-order chi connectivity index (χ0) is 17.8. The number of carboxylic acid groups (broad SMARTS) is 3. The molecule has 7 nitrogen and oxygen atoms in total. The molecule has 1 aliphatic rings. The van der Waals surface area contributed by atoms with Gasteiger partial charge in [-0.2, -0.15) is 0 Å². The van der Waals surface area contributed by atoms with Crippen LogP contribution >= 0.6 is 0 Å². The minimum absolute atomic E-state index is 0.186. The van der Waals surface area contributed by atoms with Crippen molar-refractivity contribution in [2.75, 3.05) is 0 Å². The van der Waals surface area contributed by atoms with Crippen molar-refractivity contribution in [1.29, 1.82) is 0 Å². The molecular weight excluding hydrogens is 304 g/mol. The van der Waals surface area contributed by atoms with Crippen molar-refractivity contribution in [3.8, 4) is 0 Å². The average Bonchev–Trinajstić information content (AvgIpc) is 2.43. The number of carboxylic acids is 3. The van der Waals surface area contributed by atoms with Crippen molar-refractivity contribution in [3.63, 3.8) is 0 Å². The molecule has 0 aliphatic heterocycles. The predicted octanol–water partition coefficient (Wildman–Crippen LogP) is 1.67. The van der Waals surface area contributed by atoms with Gasteiger partial charge in [0.1, 0.15) is 5.92 Å². The number of carbonyl (C=O) groups is 3. The second-order valence-electron chi connectivity index (χ2n) is 6.07. The second kappa shape index (κ2) is 7.41. The van der Waals surface area contributed by atoms with E-state index in [4.69, 9.17) is 10.2 Å². The first-order valence-corrected chi connectivity index (χ1v) is 7.31. The van der Waals surface area contributed by atoms with Crippen LogP contribution in [0.3, 0.4) is 0 Å². The zero-order valence-corrected chi connectivity index (χ0v) is 13.0. The van der Waals surface area contributed by atoms with Gasteiger partial charge in [0.05, 0.1) is 6.42 Å². The van der Waals surface area contributed by atoms with Crippen molar-refractivity contribution in [2.45, 2.75) is 44.6 Å². The predicted molar refractivity (Wildman–Crippen MR) is 80.8 cm³/mol. The van der Waals surface area contributed by atoms with Crippen LogP contribution in [0.25, 0.3) is 0 Å². The summed E-state index contributed by atoms with van der Waals surface area (Å²) in [5, 5.41) is 37.4. The standard InChI is InChI=1S/C16H22O7/c1-9(2)11-5-3-10(4-6-11)7-12(14(19)20)16(23,15(21)22)8-13(17)18/h3,11-12,23H,1,4-8H2,2H3,(H,17,18)(H,19,20)(H,21,22)/t11?,12-,16-/m1/s1. The molecule has 0 saturated heterocycles. The molecule has 0 fully saturated rings. The van der Waals surface area contributed by atoms with E-state index < -0.39 is 35.8 Å². The number of rotatable bonds is 8. The van der Waals surface area contributed by atoms with Gasteiger partial charge in [-0.15, -0.1) is 0 Å². The molecule has 23 heavy (non-hydrogen) atoms. The highest BCUT2D eigenvalue weighted by Crippen LogP contribution is 2.35. The van der Waals surface area contributed by atoms with Gasteiger partial charge in [-0.3, -0.25) is 9.59 Å². The third kappa shape index (κ3) is 4.66. The summed E-state index contributed by atoms with van der Waals surface area (Å²) in [6.45, 7) is 5.80. The molecule has 0 saturated carbocycles. The van der Waals surface area contributed by atoms with E-state index in [0.717, 1.165) is 17.6 Å². The normalized spacial score (nSPS) is 21.7. The minimum atomic E-state index is -2.84. The van der Waals surface area contributed by atoms with E-state index in [0.29, 0.717) is 18.8 Å². The highest BCUT2D eigenvalue weighted by molar-refractivity contribution is 5.89. The Morgan fingerprint density at radius 3 is 2.30 bits per heavy atom. The Balaban J connectivity index is 2.99. The highest BCUT2D eigenvalue weighted by Gasteiger charge is 2.50. The van der Waals surface area contributed by atoms with E-state index in [-0.39, 0.29) is 6.42 Å². The van der Waals surface area contributed by atoms with Crippen LogP contribution in [0, 0.1) is 11.8 Å². The van der Waals surface area contributed by atoms with E-state index in [1.807, 2.05) is 13.0 Å². The molecule has 7 heteroatoms. The Labute approximate surface area is 133 Å². The van der Waals surface area contributed by atoms with Gasteiger partial charge in [0.15, 0.2) is 5.60 Å². The van der Waals surface area contributed by atoms with Crippen LogP contribution < -0.4 is 0 Å². The Morgan fingerprint density at radius 2 is 1.96 bits per heavy atom. The Morgan fingerprint density at radius 1 is 1.35 bits per heavy atom. The molecule has 0 aromatic carbocycles. The van der Waals surface area contributed by atoms with Gasteiger partial charge < -0.3 is 20.4 Å². The molecular formula is C16H22O7. The van der Waals surface area contributed by atoms with Crippen LogP contribution in [-0.2, 0) is 14.4 Å². The molecule has 0 bridgehead atoms. The molecule has 4 N–H and O–H groups in total. The lowest BCUT2D eigenvalue weighted by atomic mass is 9.77. The SMILES string of the molecule is C=C(C)C1CC=C(C[C@H](C(=O)O)[C@](O)(CC(=O)O)C(=O)O)CC1. The van der Waals surface area contributed by atoms with Crippen LogP contribution in [0.4, 0.5) is 0 Å². The molecule has 0 aromatic heterocycles. The summed E-state index contributed by atoms with van der Waals surface area (Å²) in [5.74, 6) is -6.35. The Hall–Kier alpha value is -2.15. The molecule has 0 spiro atoms. The summed E-state index contributed by atoms with van der Waals surface area (Å²) in [6.07, 6.45) is 2.51. The fourth-order valence-electron chi connectivity index (χ4n) is 2.82. The van der Waals surface area contributed by atoms with Gasteiger partial charge >= 0.3 is 17.9 Å². The maximum atomic E-state index is 11.4. The van der Waals surface area contributed by atoms with Crippen molar-refractivity contribution in [3.05, 3.63) is 23.8 Å². The summed E-state index contributed by atoms with van der Waals surface area (Å²) in [4.78, 5) is 33.5. The number of aliphatic carboxylic acids is 3. The summed E-state index contributed by atoms with van der Waals surface area (Å²) < 4.78 is 0. The second-order valence-corrected chi connectivity index (χ2v) is 6.07. The van der Waals surface area contributed by atoms with E-state index in [2.05, 4.69) is 6.58 Å². The number of aliphatic hydroxyl groups is 1. The molecule has 0 radical (unpaired) electrons. The quantitative estimate of drug-likeness (QED) is 0.499. The van der Waals surface area contributed by atoms with Gasteiger partial charge in [0, 0.05) is 0 Å². The number of allylic oxidation sites excluding steroid dienone is 3. The molecule has 1 aliphatic carbocycles. The maximum absolute atomic E-state index is 11.4. The van der Waals surface area contributed by atoms with Crippen LogP contribution in [0.2, 0.25) is 0 Å². The molecule has 0 aromatic rings. The first-order valence-electron chi connectivity index (χ1n) is 7.31. The van der Waals surface area contributed by atoms with E-state index >= 15 is 0 Å². The van der Waals surface area contributed by atoms with Gasteiger partial charge in [-0.25, -0.2) is 4.79 Å². The van der Waals surface area contributed by atoms with Crippen molar-refractivity contribution in [1.82, 2.24) is 0 Å². The third-order valence-electron chi connectivity index (χ3n) is 4.33. The average molecular weight is 326 g/mol. The molecule has 1 unspecified atom stereocenters. The lowest BCUT2D eigenvalue weighted by molar-refractivity contribution is -0.179. The first-order chi connectivity index (χ1) is 10.6. The van der Waals surface area contributed by atoms with Crippen LogP contribution in [0.15, 0.2) is 23.8 Å². The topological polar surface area (TPSA) is 132 Å². The molecule has 0 heterocycles. The van der Waals surface area contributed by atoms with E-state index in [1.54, 1.807) is 0 Å². The van der Waals surface area contributed by atoms with Gasteiger partial charge in [-0.05, 0) is 38.5 Å². The Bertz CT molecular complexity index is 549. The third-order valence-corrected chi connectivity index (χ3v) is 4.33. The minimum Gasteiger partial charge on any atom is -0.481 e. The lowest BCUT2D eigenvalue weighted by Crippen LogP contribution is -2.51. The fraction of sp³-hybridized carbons (Fsp3) is 0.562.